The van der Waals surface area contributed by atoms with Gasteiger partial charge in [0.15, 0.2) is 0 Å². The number of halogens is 1. The summed E-state index contributed by atoms with van der Waals surface area (Å²) in [6.45, 7) is 4.55. The number of ether oxygens (including phenoxy) is 1. The van der Waals surface area contributed by atoms with E-state index in [1.165, 1.54) is 0 Å². The molecule has 1 atom stereocenters. The molecule has 0 saturated heterocycles. The van der Waals surface area contributed by atoms with Crippen LogP contribution in [0, 0.1) is 0 Å². The Morgan fingerprint density at radius 2 is 2.25 bits per heavy atom. The fourth-order valence-electron chi connectivity index (χ4n) is 1.92. The summed E-state index contributed by atoms with van der Waals surface area (Å²) in [6, 6.07) is 5.72. The molecule has 20 heavy (non-hydrogen) atoms. The molecule has 0 saturated carbocycles. The fraction of sp³-hybridized carbons (Fsp3) is 0.400. The molecule has 5 heteroatoms. The first kappa shape index (κ1) is 15.3. The van der Waals surface area contributed by atoms with Crippen LogP contribution >= 0.6 is 22.9 Å². The molecule has 0 amide bonds. The molecule has 108 valence electrons. The molecule has 1 aromatic heterocycles. The summed E-state index contributed by atoms with van der Waals surface area (Å²) in [7, 11) is 0. The molecule has 2 aromatic rings. The molecule has 3 nitrogen and oxygen atoms in total. The Labute approximate surface area is 128 Å². The highest BCUT2D eigenvalue weighted by Crippen LogP contribution is 2.25. The highest BCUT2D eigenvalue weighted by atomic mass is 35.5. The van der Waals surface area contributed by atoms with Crippen LogP contribution in [0.3, 0.4) is 0 Å². The number of nitrogens with two attached hydrogens (primary N) is 1. The molecule has 0 aliphatic rings. The molecule has 0 aliphatic carbocycles. The van der Waals surface area contributed by atoms with Crippen LogP contribution in [0.4, 0.5) is 0 Å². The normalized spacial score (nSPS) is 12.4. The number of aromatic nitrogens is 1. The first-order valence-electron chi connectivity index (χ1n) is 6.68. The van der Waals surface area contributed by atoms with Crippen LogP contribution in [0.25, 0.3) is 0 Å². The smallest absolute Gasteiger partial charge is 0.131 e. The van der Waals surface area contributed by atoms with Crippen molar-refractivity contribution < 1.29 is 4.74 Å². The van der Waals surface area contributed by atoms with Gasteiger partial charge in [0.1, 0.15) is 12.4 Å². The maximum atomic E-state index is 6.03. The zero-order chi connectivity index (χ0) is 14.5. The maximum absolute atomic E-state index is 6.03. The largest absolute Gasteiger partial charge is 0.487 e. The van der Waals surface area contributed by atoms with Gasteiger partial charge < -0.3 is 10.5 Å². The third-order valence-corrected chi connectivity index (χ3v) is 4.12. The van der Waals surface area contributed by atoms with Gasteiger partial charge in [-0.1, -0.05) is 18.5 Å². The Morgan fingerprint density at radius 3 is 2.90 bits per heavy atom. The van der Waals surface area contributed by atoms with Crippen LogP contribution in [0.15, 0.2) is 23.6 Å². The van der Waals surface area contributed by atoms with Gasteiger partial charge in [-0.25, -0.2) is 4.98 Å². The van der Waals surface area contributed by atoms with E-state index in [9.17, 15) is 0 Å². The lowest BCUT2D eigenvalue weighted by Crippen LogP contribution is -2.18. The van der Waals surface area contributed by atoms with Crippen LogP contribution in [0.5, 0.6) is 5.75 Å². The molecule has 0 radical (unpaired) electrons. The zero-order valence-corrected chi connectivity index (χ0v) is 13.3. The second kappa shape index (κ2) is 7.07. The number of nitrogens with zero attached hydrogens (tertiary/aromatic N) is 1. The summed E-state index contributed by atoms with van der Waals surface area (Å²) >= 11 is 7.70. The van der Waals surface area contributed by atoms with E-state index in [0.717, 1.165) is 34.9 Å². The Bertz CT molecular complexity index is 569. The van der Waals surface area contributed by atoms with Gasteiger partial charge >= 0.3 is 0 Å². The van der Waals surface area contributed by atoms with Gasteiger partial charge in [0.05, 0.1) is 10.7 Å². The van der Waals surface area contributed by atoms with Crippen molar-refractivity contribution in [3.05, 3.63) is 44.9 Å². The first-order valence-corrected chi connectivity index (χ1v) is 7.94. The number of benzene rings is 1. The summed E-state index contributed by atoms with van der Waals surface area (Å²) in [5.41, 5.74) is 7.87. The van der Waals surface area contributed by atoms with Crippen molar-refractivity contribution in [1.82, 2.24) is 4.98 Å². The molecular weight excluding hydrogens is 292 g/mol. The molecule has 1 heterocycles. The van der Waals surface area contributed by atoms with Crippen molar-refractivity contribution in [3.8, 4) is 5.75 Å². The van der Waals surface area contributed by atoms with Gasteiger partial charge in [0.25, 0.3) is 0 Å². The van der Waals surface area contributed by atoms with E-state index in [1.807, 2.05) is 30.5 Å². The van der Waals surface area contributed by atoms with Crippen LogP contribution in [-0.2, 0) is 19.4 Å². The number of hydrogen-bond acceptors (Lipinski definition) is 4. The number of thiazole rings is 1. The van der Waals surface area contributed by atoms with Gasteiger partial charge in [-0.3, -0.25) is 0 Å². The highest BCUT2D eigenvalue weighted by molar-refractivity contribution is 7.09. The van der Waals surface area contributed by atoms with E-state index in [1.54, 1.807) is 11.3 Å². The average molecular weight is 311 g/mol. The minimum absolute atomic E-state index is 0.0711. The summed E-state index contributed by atoms with van der Waals surface area (Å²) in [6.07, 6.45) is 1.70. The number of aryl methyl sites for hydroxylation is 1. The SMILES string of the molecule is CCc1nc(COc2ccc(Cl)cc2CC(C)N)cs1. The van der Waals surface area contributed by atoms with E-state index in [-0.39, 0.29) is 6.04 Å². The summed E-state index contributed by atoms with van der Waals surface area (Å²) in [5, 5.41) is 3.88. The number of hydrogen-bond donors (Lipinski definition) is 1. The molecule has 0 aliphatic heterocycles. The van der Waals surface area contributed by atoms with Crippen molar-refractivity contribution >= 4 is 22.9 Å². The lowest BCUT2D eigenvalue weighted by atomic mass is 10.1. The summed E-state index contributed by atoms with van der Waals surface area (Å²) < 4.78 is 5.87. The van der Waals surface area contributed by atoms with Crippen molar-refractivity contribution in [3.63, 3.8) is 0 Å². The van der Waals surface area contributed by atoms with E-state index in [4.69, 9.17) is 22.1 Å². The van der Waals surface area contributed by atoms with Crippen LogP contribution in [0.2, 0.25) is 5.02 Å². The molecule has 0 bridgehead atoms. The van der Waals surface area contributed by atoms with E-state index in [2.05, 4.69) is 11.9 Å². The van der Waals surface area contributed by atoms with Crippen molar-refractivity contribution in [2.45, 2.75) is 39.3 Å². The highest BCUT2D eigenvalue weighted by Gasteiger charge is 2.08. The Hall–Kier alpha value is -1.10. The Kier molecular flexibility index (Phi) is 5.40. The first-order chi connectivity index (χ1) is 9.58. The Balaban J connectivity index is 2.08. The van der Waals surface area contributed by atoms with Crippen LogP contribution in [0.1, 0.15) is 30.1 Å². The monoisotopic (exact) mass is 310 g/mol. The minimum atomic E-state index is 0.0711. The standard InChI is InChI=1S/C15H19ClN2OS/c1-3-15-18-13(9-20-15)8-19-14-5-4-12(16)7-11(14)6-10(2)17/h4-5,7,9-10H,3,6,8,17H2,1-2H3. The van der Waals surface area contributed by atoms with Gasteiger partial charge in [-0.2, -0.15) is 0 Å². The third kappa shape index (κ3) is 4.20. The van der Waals surface area contributed by atoms with Crippen molar-refractivity contribution in [1.29, 1.82) is 0 Å². The third-order valence-electron chi connectivity index (χ3n) is 2.84. The van der Waals surface area contributed by atoms with E-state index >= 15 is 0 Å². The van der Waals surface area contributed by atoms with Gasteiger partial charge in [-0.15, -0.1) is 11.3 Å². The average Bonchev–Trinajstić information content (AvgIpc) is 2.85. The second-order valence-electron chi connectivity index (χ2n) is 4.81. The van der Waals surface area contributed by atoms with E-state index in [0.29, 0.717) is 11.6 Å². The summed E-state index contributed by atoms with van der Waals surface area (Å²) in [4.78, 5) is 4.49. The topological polar surface area (TPSA) is 48.1 Å². The van der Waals surface area contributed by atoms with Gasteiger partial charge in [0.2, 0.25) is 0 Å². The van der Waals surface area contributed by atoms with Gasteiger partial charge in [-0.05, 0) is 43.5 Å². The second-order valence-corrected chi connectivity index (χ2v) is 6.19. The lowest BCUT2D eigenvalue weighted by Gasteiger charge is -2.13. The van der Waals surface area contributed by atoms with Gasteiger partial charge in [0, 0.05) is 16.4 Å². The van der Waals surface area contributed by atoms with Crippen LogP contribution in [-0.4, -0.2) is 11.0 Å². The lowest BCUT2D eigenvalue weighted by molar-refractivity contribution is 0.298. The predicted molar refractivity (Wildman–Crippen MR) is 84.6 cm³/mol. The quantitative estimate of drug-likeness (QED) is 0.882. The molecule has 1 unspecified atom stereocenters. The fourth-order valence-corrected chi connectivity index (χ4v) is 2.85. The van der Waals surface area contributed by atoms with Crippen molar-refractivity contribution in [2.24, 2.45) is 5.73 Å². The molecule has 2 rings (SSSR count). The molecule has 0 fully saturated rings. The minimum Gasteiger partial charge on any atom is -0.487 e. The summed E-state index contributed by atoms with van der Waals surface area (Å²) in [5.74, 6) is 0.831. The Morgan fingerprint density at radius 1 is 1.45 bits per heavy atom. The van der Waals surface area contributed by atoms with Crippen molar-refractivity contribution in [2.75, 3.05) is 0 Å². The molecule has 0 spiro atoms. The molecule has 2 N–H and O–H groups in total. The molecule has 1 aromatic carbocycles. The molecular formula is C15H19ClN2OS. The maximum Gasteiger partial charge on any atom is 0.131 e. The number of rotatable bonds is 6. The zero-order valence-electron chi connectivity index (χ0n) is 11.7. The predicted octanol–water partition coefficient (Wildman–Crippen LogP) is 3.83. The van der Waals surface area contributed by atoms with Crippen LogP contribution < -0.4 is 10.5 Å². The van der Waals surface area contributed by atoms with E-state index < -0.39 is 0 Å².